The molecular formula is C19H23ClN2O4S2. The van der Waals surface area contributed by atoms with E-state index >= 15 is 0 Å². The highest BCUT2D eigenvalue weighted by molar-refractivity contribution is 8.26. The van der Waals surface area contributed by atoms with Crippen LogP contribution in [0.25, 0.3) is 6.08 Å². The highest BCUT2D eigenvalue weighted by Crippen LogP contribution is 2.39. The van der Waals surface area contributed by atoms with Crippen LogP contribution in [0, 0.1) is 0 Å². The summed E-state index contributed by atoms with van der Waals surface area (Å²) in [5.41, 5.74) is 0.763. The van der Waals surface area contributed by atoms with Crippen molar-refractivity contribution >= 4 is 51.9 Å². The van der Waals surface area contributed by atoms with Crippen LogP contribution in [0.5, 0.6) is 11.5 Å². The number of morpholine rings is 1. The molecule has 0 N–H and O–H groups in total. The molecule has 3 rings (SSSR count). The average molecular weight is 443 g/mol. The number of hydrogen-bond donors (Lipinski definition) is 0. The lowest BCUT2D eigenvalue weighted by molar-refractivity contribution is -0.122. The number of halogens is 1. The fourth-order valence-electron chi connectivity index (χ4n) is 3.02. The van der Waals surface area contributed by atoms with Crippen molar-refractivity contribution in [2.75, 3.05) is 53.1 Å². The molecule has 0 radical (unpaired) electrons. The number of amides is 1. The monoisotopic (exact) mass is 442 g/mol. The first-order chi connectivity index (χ1) is 13.5. The second-order valence-electron chi connectivity index (χ2n) is 6.25. The van der Waals surface area contributed by atoms with Gasteiger partial charge >= 0.3 is 0 Å². The summed E-state index contributed by atoms with van der Waals surface area (Å²) in [5.74, 6) is 0.956. The van der Waals surface area contributed by atoms with E-state index < -0.39 is 0 Å². The maximum atomic E-state index is 12.8. The first-order valence-corrected chi connectivity index (χ1v) is 10.7. The minimum absolute atomic E-state index is 0.0766. The number of methoxy groups -OCH3 is 1. The van der Waals surface area contributed by atoms with Gasteiger partial charge in [-0.15, -0.1) is 0 Å². The number of nitrogens with zero attached hydrogens (tertiary/aromatic N) is 2. The Morgan fingerprint density at radius 1 is 1.32 bits per heavy atom. The highest BCUT2D eigenvalue weighted by atomic mass is 35.5. The Bertz CT molecular complexity index is 781. The molecule has 0 saturated carbocycles. The van der Waals surface area contributed by atoms with Crippen LogP contribution in [0.1, 0.15) is 12.5 Å². The van der Waals surface area contributed by atoms with Crippen molar-refractivity contribution in [3.8, 4) is 11.5 Å². The standard InChI is InChI=1S/C19H23ClN2O4S2/c1-3-26-17-14(20)10-13(11-15(17)24-2)12-16-18(23)22(19(27)28-16)5-4-21-6-8-25-9-7-21/h10-12H,3-9H2,1-2H3. The Morgan fingerprint density at radius 2 is 2.07 bits per heavy atom. The van der Waals surface area contributed by atoms with Crippen molar-refractivity contribution in [2.45, 2.75) is 6.92 Å². The third kappa shape index (κ3) is 4.99. The molecule has 1 amide bonds. The van der Waals surface area contributed by atoms with Gasteiger partial charge in [-0.05, 0) is 30.7 Å². The molecule has 0 aromatic heterocycles. The normalized spacial score (nSPS) is 19.5. The molecular weight excluding hydrogens is 420 g/mol. The van der Waals surface area contributed by atoms with Gasteiger partial charge in [-0.2, -0.15) is 0 Å². The van der Waals surface area contributed by atoms with Crippen LogP contribution in [0.3, 0.4) is 0 Å². The van der Waals surface area contributed by atoms with Crippen molar-refractivity contribution < 1.29 is 19.0 Å². The lowest BCUT2D eigenvalue weighted by atomic mass is 10.1. The fourth-order valence-corrected chi connectivity index (χ4v) is 4.60. The third-order valence-electron chi connectivity index (χ3n) is 4.46. The van der Waals surface area contributed by atoms with Crippen LogP contribution in [-0.2, 0) is 9.53 Å². The van der Waals surface area contributed by atoms with Gasteiger partial charge in [-0.25, -0.2) is 0 Å². The zero-order valence-electron chi connectivity index (χ0n) is 15.9. The van der Waals surface area contributed by atoms with Crippen molar-refractivity contribution in [1.29, 1.82) is 0 Å². The van der Waals surface area contributed by atoms with Gasteiger partial charge < -0.3 is 14.2 Å². The zero-order valence-corrected chi connectivity index (χ0v) is 18.3. The van der Waals surface area contributed by atoms with Crippen molar-refractivity contribution in [2.24, 2.45) is 0 Å². The number of carbonyl (C=O) groups is 1. The molecule has 6 nitrogen and oxygen atoms in total. The van der Waals surface area contributed by atoms with Crippen LogP contribution in [0.15, 0.2) is 17.0 Å². The van der Waals surface area contributed by atoms with Gasteiger partial charge in [0.25, 0.3) is 5.91 Å². The van der Waals surface area contributed by atoms with E-state index in [-0.39, 0.29) is 5.91 Å². The number of hydrogen-bond acceptors (Lipinski definition) is 7. The lowest BCUT2D eigenvalue weighted by Gasteiger charge is -2.28. The van der Waals surface area contributed by atoms with Gasteiger partial charge in [0.1, 0.15) is 4.32 Å². The predicted molar refractivity (Wildman–Crippen MR) is 116 cm³/mol. The highest BCUT2D eigenvalue weighted by Gasteiger charge is 2.32. The molecule has 152 valence electrons. The fraction of sp³-hybridized carbons (Fsp3) is 0.474. The van der Waals surface area contributed by atoms with E-state index in [0.717, 1.165) is 38.4 Å². The Labute approximate surface area is 179 Å². The van der Waals surface area contributed by atoms with Crippen LogP contribution in [0.4, 0.5) is 0 Å². The average Bonchev–Trinajstić information content (AvgIpc) is 2.95. The number of thioether (sulfide) groups is 1. The molecule has 2 fully saturated rings. The number of benzene rings is 1. The van der Waals surface area contributed by atoms with Gasteiger partial charge in [0.15, 0.2) is 11.5 Å². The lowest BCUT2D eigenvalue weighted by Crippen LogP contribution is -2.42. The Morgan fingerprint density at radius 3 is 2.75 bits per heavy atom. The molecule has 1 aromatic rings. The van der Waals surface area contributed by atoms with Gasteiger partial charge in [-0.3, -0.25) is 14.6 Å². The maximum absolute atomic E-state index is 12.8. The summed E-state index contributed by atoms with van der Waals surface area (Å²) in [4.78, 5) is 17.3. The van der Waals surface area contributed by atoms with E-state index in [9.17, 15) is 4.79 Å². The van der Waals surface area contributed by atoms with Crippen LogP contribution in [-0.4, -0.2) is 73.1 Å². The van der Waals surface area contributed by atoms with Gasteiger partial charge in [0, 0.05) is 26.2 Å². The van der Waals surface area contributed by atoms with Crippen molar-refractivity contribution in [3.63, 3.8) is 0 Å². The minimum Gasteiger partial charge on any atom is -0.493 e. The molecule has 9 heteroatoms. The first kappa shape index (κ1) is 21.4. The van der Waals surface area contributed by atoms with Gasteiger partial charge in [-0.1, -0.05) is 35.6 Å². The predicted octanol–water partition coefficient (Wildman–Crippen LogP) is 3.28. The SMILES string of the molecule is CCOc1c(Cl)cc(C=C2SC(=S)N(CCN3CCOCC3)C2=O)cc1OC. The topological polar surface area (TPSA) is 51.2 Å². The second kappa shape index (κ2) is 9.93. The molecule has 0 atom stereocenters. The molecule has 0 aliphatic carbocycles. The van der Waals surface area contributed by atoms with Crippen LogP contribution in [0.2, 0.25) is 5.02 Å². The molecule has 0 bridgehead atoms. The Balaban J connectivity index is 1.73. The zero-order chi connectivity index (χ0) is 20.1. The summed E-state index contributed by atoms with van der Waals surface area (Å²) in [7, 11) is 1.56. The molecule has 2 saturated heterocycles. The molecule has 0 spiro atoms. The quantitative estimate of drug-likeness (QED) is 0.474. The molecule has 2 aliphatic heterocycles. The molecule has 2 aliphatic rings. The third-order valence-corrected chi connectivity index (χ3v) is 6.11. The van der Waals surface area contributed by atoms with Crippen molar-refractivity contribution in [1.82, 2.24) is 9.80 Å². The summed E-state index contributed by atoms with van der Waals surface area (Å²) in [6.45, 7) is 6.96. The molecule has 28 heavy (non-hydrogen) atoms. The largest absolute Gasteiger partial charge is 0.493 e. The minimum atomic E-state index is -0.0766. The number of rotatable bonds is 7. The van der Waals surface area contributed by atoms with E-state index in [1.165, 1.54) is 11.8 Å². The van der Waals surface area contributed by atoms with E-state index in [1.807, 2.05) is 6.92 Å². The van der Waals surface area contributed by atoms with Crippen LogP contribution < -0.4 is 9.47 Å². The number of ether oxygens (including phenoxy) is 3. The maximum Gasteiger partial charge on any atom is 0.266 e. The van der Waals surface area contributed by atoms with E-state index in [0.29, 0.717) is 38.9 Å². The smallest absolute Gasteiger partial charge is 0.266 e. The summed E-state index contributed by atoms with van der Waals surface area (Å²) >= 11 is 13.1. The van der Waals surface area contributed by atoms with Crippen molar-refractivity contribution in [3.05, 3.63) is 27.6 Å². The van der Waals surface area contributed by atoms with Gasteiger partial charge in [0.2, 0.25) is 0 Å². The Kier molecular flexibility index (Phi) is 7.59. The second-order valence-corrected chi connectivity index (χ2v) is 8.34. The van der Waals surface area contributed by atoms with Crippen LogP contribution >= 0.6 is 35.6 Å². The number of carbonyl (C=O) groups excluding carboxylic acids is 1. The Hall–Kier alpha value is -1.32. The molecule has 1 aromatic carbocycles. The van der Waals surface area contributed by atoms with E-state index in [1.54, 1.807) is 30.2 Å². The summed E-state index contributed by atoms with van der Waals surface area (Å²) < 4.78 is 16.8. The molecule has 0 unspecified atom stereocenters. The first-order valence-electron chi connectivity index (χ1n) is 9.09. The van der Waals surface area contributed by atoms with Gasteiger partial charge in [0.05, 0.1) is 36.9 Å². The van der Waals surface area contributed by atoms with E-state index in [4.69, 9.17) is 38.0 Å². The summed E-state index contributed by atoms with van der Waals surface area (Å²) in [6, 6.07) is 3.56. The summed E-state index contributed by atoms with van der Waals surface area (Å²) in [5, 5.41) is 0.440. The molecule has 2 heterocycles. The summed E-state index contributed by atoms with van der Waals surface area (Å²) in [6.07, 6.45) is 1.79. The van der Waals surface area contributed by atoms with E-state index in [2.05, 4.69) is 4.90 Å². The number of thiocarbonyl (C=S) groups is 1.